The SMILES string of the molecule is Cc1cc(Nc2nc(-c3nn(Cc4ccccc4F)c4ncccc34)nc3c2C(C)(C)C(=O)N3)nn1C. The van der Waals surface area contributed by atoms with Crippen LogP contribution in [0.15, 0.2) is 48.7 Å². The van der Waals surface area contributed by atoms with Crippen molar-refractivity contribution in [1.82, 2.24) is 34.5 Å². The first-order chi connectivity index (χ1) is 17.7. The Morgan fingerprint density at radius 2 is 1.92 bits per heavy atom. The van der Waals surface area contributed by atoms with Crippen molar-refractivity contribution in [3.63, 3.8) is 0 Å². The number of rotatable bonds is 5. The van der Waals surface area contributed by atoms with Gasteiger partial charge in [0.05, 0.1) is 22.9 Å². The van der Waals surface area contributed by atoms with Gasteiger partial charge in [0, 0.05) is 30.6 Å². The summed E-state index contributed by atoms with van der Waals surface area (Å²) in [5, 5.41) is 16.1. The van der Waals surface area contributed by atoms with Gasteiger partial charge in [-0.3, -0.25) is 9.48 Å². The van der Waals surface area contributed by atoms with E-state index in [1.165, 1.54) is 6.07 Å². The van der Waals surface area contributed by atoms with E-state index in [4.69, 9.17) is 15.1 Å². The van der Waals surface area contributed by atoms with Gasteiger partial charge in [0.25, 0.3) is 0 Å². The van der Waals surface area contributed by atoms with Gasteiger partial charge in [0.15, 0.2) is 17.3 Å². The molecule has 1 amide bonds. The number of anilines is 3. The van der Waals surface area contributed by atoms with Crippen molar-refractivity contribution in [2.75, 3.05) is 10.6 Å². The molecule has 0 unspecified atom stereocenters. The third kappa shape index (κ3) is 3.70. The maximum Gasteiger partial charge on any atom is 0.235 e. The highest BCUT2D eigenvalue weighted by Crippen LogP contribution is 2.42. The van der Waals surface area contributed by atoms with Crippen LogP contribution >= 0.6 is 0 Å². The van der Waals surface area contributed by atoms with E-state index in [1.807, 2.05) is 40.0 Å². The summed E-state index contributed by atoms with van der Waals surface area (Å²) in [5.41, 5.74) is 2.29. The minimum atomic E-state index is -0.853. The second-order valence-electron chi connectivity index (χ2n) is 9.59. The molecule has 0 atom stereocenters. The third-order valence-electron chi connectivity index (χ3n) is 6.69. The van der Waals surface area contributed by atoms with Gasteiger partial charge in [0.2, 0.25) is 5.91 Å². The molecule has 5 heterocycles. The fourth-order valence-corrected chi connectivity index (χ4v) is 4.53. The number of nitrogens with zero attached hydrogens (tertiary/aromatic N) is 7. The number of carbonyl (C=O) groups is 1. The molecule has 2 N–H and O–H groups in total. The van der Waals surface area contributed by atoms with Crippen LogP contribution in [0.5, 0.6) is 0 Å². The van der Waals surface area contributed by atoms with Crippen molar-refractivity contribution in [2.24, 2.45) is 7.05 Å². The predicted molar refractivity (Wildman–Crippen MR) is 137 cm³/mol. The molecule has 37 heavy (non-hydrogen) atoms. The number of nitrogens with one attached hydrogen (secondary N) is 2. The van der Waals surface area contributed by atoms with Crippen molar-refractivity contribution >= 4 is 34.4 Å². The smallest absolute Gasteiger partial charge is 0.235 e. The molecular formula is C26H24FN9O. The highest BCUT2D eigenvalue weighted by molar-refractivity contribution is 6.07. The van der Waals surface area contributed by atoms with Gasteiger partial charge in [-0.05, 0) is 39.0 Å². The van der Waals surface area contributed by atoms with E-state index >= 15 is 0 Å². The molecule has 11 heteroatoms. The highest BCUT2D eigenvalue weighted by atomic mass is 19.1. The summed E-state index contributed by atoms with van der Waals surface area (Å²) < 4.78 is 17.8. The van der Waals surface area contributed by atoms with Crippen LogP contribution in [0.1, 0.15) is 30.7 Å². The number of hydrogen-bond donors (Lipinski definition) is 2. The first-order valence-corrected chi connectivity index (χ1v) is 11.8. The molecular weight excluding hydrogens is 473 g/mol. The second kappa shape index (κ2) is 8.19. The number of hydrogen-bond acceptors (Lipinski definition) is 7. The van der Waals surface area contributed by atoms with E-state index in [1.54, 1.807) is 39.8 Å². The van der Waals surface area contributed by atoms with Crippen LogP contribution in [0.4, 0.5) is 21.8 Å². The van der Waals surface area contributed by atoms with Gasteiger partial charge >= 0.3 is 0 Å². The molecule has 6 rings (SSSR count). The van der Waals surface area contributed by atoms with Crippen molar-refractivity contribution < 1.29 is 9.18 Å². The van der Waals surface area contributed by atoms with Crippen molar-refractivity contribution in [2.45, 2.75) is 32.7 Å². The largest absolute Gasteiger partial charge is 0.323 e. The summed E-state index contributed by atoms with van der Waals surface area (Å²) in [6.45, 7) is 5.79. The lowest BCUT2D eigenvalue weighted by Crippen LogP contribution is -2.27. The Labute approximate surface area is 211 Å². The Morgan fingerprint density at radius 3 is 2.68 bits per heavy atom. The molecule has 10 nitrogen and oxygen atoms in total. The Balaban J connectivity index is 1.52. The minimum absolute atomic E-state index is 0.175. The van der Waals surface area contributed by atoms with Crippen molar-refractivity contribution in [3.05, 3.63) is 71.3 Å². The molecule has 1 aliphatic rings. The van der Waals surface area contributed by atoms with Gasteiger partial charge in [-0.1, -0.05) is 18.2 Å². The van der Waals surface area contributed by atoms with Crippen molar-refractivity contribution in [1.29, 1.82) is 0 Å². The molecule has 1 aliphatic heterocycles. The predicted octanol–water partition coefficient (Wildman–Crippen LogP) is 4.09. The van der Waals surface area contributed by atoms with Gasteiger partial charge in [-0.2, -0.15) is 10.2 Å². The molecule has 0 saturated carbocycles. The van der Waals surface area contributed by atoms with Gasteiger partial charge in [-0.25, -0.2) is 24.0 Å². The van der Waals surface area contributed by atoms with Crippen LogP contribution in [0, 0.1) is 12.7 Å². The van der Waals surface area contributed by atoms with E-state index < -0.39 is 5.41 Å². The van der Waals surface area contributed by atoms with E-state index in [9.17, 15) is 9.18 Å². The van der Waals surface area contributed by atoms with Crippen molar-refractivity contribution in [3.8, 4) is 11.5 Å². The average molecular weight is 498 g/mol. The molecule has 0 radical (unpaired) electrons. The van der Waals surface area contributed by atoms with E-state index in [0.29, 0.717) is 51.1 Å². The summed E-state index contributed by atoms with van der Waals surface area (Å²) in [6.07, 6.45) is 1.66. The number of benzene rings is 1. The zero-order valence-electron chi connectivity index (χ0n) is 20.7. The molecule has 4 aromatic heterocycles. The lowest BCUT2D eigenvalue weighted by Gasteiger charge is -2.18. The highest BCUT2D eigenvalue weighted by Gasteiger charge is 2.43. The first kappa shape index (κ1) is 22.8. The standard InChI is InChI=1S/C26H24FN9O/c1-14-12-18(33-35(14)4)29-21-19-22(32-25(37)26(19,2)3)31-23(30-21)20-16-9-7-11-28-24(16)36(34-20)13-15-8-5-6-10-17(15)27/h5-12H,13H2,1-4H3,(H2,29,30,31,32,33,37). The minimum Gasteiger partial charge on any atom is -0.323 e. The van der Waals surface area contributed by atoms with Gasteiger partial charge in [0.1, 0.15) is 23.1 Å². The van der Waals surface area contributed by atoms with Gasteiger partial charge < -0.3 is 10.6 Å². The molecule has 186 valence electrons. The first-order valence-electron chi connectivity index (χ1n) is 11.8. The fraction of sp³-hybridized carbons (Fsp3) is 0.231. The van der Waals surface area contributed by atoms with Crippen LogP contribution in [0.25, 0.3) is 22.6 Å². The summed E-state index contributed by atoms with van der Waals surface area (Å²) in [5.74, 6) is 1.28. The fourth-order valence-electron chi connectivity index (χ4n) is 4.53. The molecule has 0 saturated heterocycles. The lowest BCUT2D eigenvalue weighted by atomic mass is 9.87. The maximum absolute atomic E-state index is 14.4. The lowest BCUT2D eigenvalue weighted by molar-refractivity contribution is -0.119. The summed E-state index contributed by atoms with van der Waals surface area (Å²) in [4.78, 5) is 26.8. The number of pyridine rings is 1. The Bertz CT molecular complexity index is 1680. The normalized spacial score (nSPS) is 14.1. The molecule has 5 aromatic rings. The molecule has 0 bridgehead atoms. The van der Waals surface area contributed by atoms with E-state index in [-0.39, 0.29) is 18.3 Å². The Hall–Kier alpha value is -4.67. The van der Waals surface area contributed by atoms with Crippen LogP contribution in [0.3, 0.4) is 0 Å². The summed E-state index contributed by atoms with van der Waals surface area (Å²) >= 11 is 0. The van der Waals surface area contributed by atoms with Gasteiger partial charge in [-0.15, -0.1) is 0 Å². The Morgan fingerprint density at radius 1 is 1.11 bits per heavy atom. The number of amides is 1. The van der Waals surface area contributed by atoms with Crippen LogP contribution in [-0.2, 0) is 23.8 Å². The molecule has 1 aromatic carbocycles. The molecule has 0 spiro atoms. The number of aryl methyl sites for hydroxylation is 2. The second-order valence-corrected chi connectivity index (χ2v) is 9.59. The maximum atomic E-state index is 14.4. The average Bonchev–Trinajstić information content (AvgIpc) is 3.46. The zero-order chi connectivity index (χ0) is 25.9. The molecule has 0 aliphatic carbocycles. The van der Waals surface area contributed by atoms with Crippen LogP contribution in [-0.4, -0.2) is 40.4 Å². The third-order valence-corrected chi connectivity index (χ3v) is 6.69. The number of aromatic nitrogens is 7. The molecule has 0 fully saturated rings. The number of carbonyl (C=O) groups excluding carboxylic acids is 1. The summed E-state index contributed by atoms with van der Waals surface area (Å²) in [6, 6.07) is 12.1. The summed E-state index contributed by atoms with van der Waals surface area (Å²) in [7, 11) is 1.85. The Kier molecular flexibility index (Phi) is 5.04. The van der Waals surface area contributed by atoms with E-state index in [0.717, 1.165) is 5.69 Å². The van der Waals surface area contributed by atoms with Crippen LogP contribution < -0.4 is 10.6 Å². The van der Waals surface area contributed by atoms with E-state index in [2.05, 4.69) is 20.7 Å². The number of halogens is 1. The zero-order valence-corrected chi connectivity index (χ0v) is 20.7. The monoisotopic (exact) mass is 497 g/mol. The quantitative estimate of drug-likeness (QED) is 0.376. The van der Waals surface area contributed by atoms with Crippen LogP contribution in [0.2, 0.25) is 0 Å². The number of fused-ring (bicyclic) bond motifs is 2. The topological polar surface area (TPSA) is 115 Å².